The number of aryl methyl sites for hydroxylation is 1. The molecule has 0 bridgehead atoms. The molecule has 1 N–H and O–H groups in total. The maximum absolute atomic E-state index is 11.3. The van der Waals surface area contributed by atoms with Crippen molar-refractivity contribution in [2.45, 2.75) is 0 Å². The number of aromatic nitrogens is 3. The molecule has 0 aliphatic rings. The van der Waals surface area contributed by atoms with Crippen molar-refractivity contribution < 1.29 is 9.90 Å². The molecule has 2 aromatic carbocycles. The molecule has 0 amide bonds. The third-order valence-corrected chi connectivity index (χ3v) is 4.24. The van der Waals surface area contributed by atoms with Crippen molar-refractivity contribution in [3.05, 3.63) is 72.8 Å². The van der Waals surface area contributed by atoms with Gasteiger partial charge in [-0.3, -0.25) is 9.67 Å². The number of nitrogens with zero attached hydrogens (tertiary/aromatic N) is 3. The first-order valence-corrected chi connectivity index (χ1v) is 7.82. The minimum atomic E-state index is -0.934. The van der Waals surface area contributed by atoms with Crippen LogP contribution in [-0.2, 0) is 7.05 Å². The number of benzene rings is 2. The Kier molecular flexibility index (Phi) is 4.73. The summed E-state index contributed by atoms with van der Waals surface area (Å²) in [6, 6.07) is 13.2. The fourth-order valence-electron chi connectivity index (χ4n) is 2.94. The van der Waals surface area contributed by atoms with Gasteiger partial charge in [0.25, 0.3) is 0 Å². The van der Waals surface area contributed by atoms with Crippen LogP contribution in [0.1, 0.15) is 10.4 Å². The summed E-state index contributed by atoms with van der Waals surface area (Å²) in [4.78, 5) is 15.6. The molecule has 0 fully saturated rings. The summed E-state index contributed by atoms with van der Waals surface area (Å²) in [5, 5.41) is 15.2. The van der Waals surface area contributed by atoms with Crippen molar-refractivity contribution in [3.8, 4) is 22.3 Å². The third-order valence-electron chi connectivity index (χ3n) is 4.24. The van der Waals surface area contributed by atoms with Gasteiger partial charge in [0.15, 0.2) is 0 Å². The number of aromatic carboxylic acids is 1. The number of halogens is 1. The van der Waals surface area contributed by atoms with Crippen LogP contribution >= 0.6 is 12.4 Å². The Morgan fingerprint density at radius 2 is 1.69 bits per heavy atom. The molecule has 0 aliphatic heterocycles. The number of carbonyl (C=O) groups is 1. The largest absolute Gasteiger partial charge is 0.478 e. The number of hydrogen-bond donors (Lipinski definition) is 1. The fraction of sp³-hybridized carbons (Fsp3) is 0.0500. The Morgan fingerprint density at radius 1 is 0.962 bits per heavy atom. The summed E-state index contributed by atoms with van der Waals surface area (Å²) in [7, 11) is 1.89. The number of rotatable bonds is 3. The third kappa shape index (κ3) is 3.17. The van der Waals surface area contributed by atoms with E-state index in [-0.39, 0.29) is 18.0 Å². The van der Waals surface area contributed by atoms with Crippen molar-refractivity contribution in [3.63, 3.8) is 0 Å². The Hall–Kier alpha value is -3.18. The molecular weight excluding hydrogens is 350 g/mol. The van der Waals surface area contributed by atoms with Gasteiger partial charge < -0.3 is 5.11 Å². The molecule has 130 valence electrons. The van der Waals surface area contributed by atoms with Crippen LogP contribution in [-0.4, -0.2) is 25.8 Å². The van der Waals surface area contributed by atoms with Gasteiger partial charge in [-0.05, 0) is 28.6 Å². The zero-order valence-electron chi connectivity index (χ0n) is 14.0. The average Bonchev–Trinajstić information content (AvgIpc) is 3.07. The highest BCUT2D eigenvalue weighted by Crippen LogP contribution is 2.30. The second-order valence-electron chi connectivity index (χ2n) is 5.91. The lowest BCUT2D eigenvalue weighted by Gasteiger charge is -2.08. The average molecular weight is 366 g/mol. The molecule has 0 radical (unpaired) electrons. The van der Waals surface area contributed by atoms with E-state index in [4.69, 9.17) is 0 Å². The molecule has 0 saturated heterocycles. The number of carboxylic acids is 1. The van der Waals surface area contributed by atoms with Crippen molar-refractivity contribution >= 4 is 29.1 Å². The van der Waals surface area contributed by atoms with Crippen LogP contribution in [0.25, 0.3) is 33.0 Å². The second kappa shape index (κ2) is 6.98. The summed E-state index contributed by atoms with van der Waals surface area (Å²) >= 11 is 0. The molecule has 6 heteroatoms. The van der Waals surface area contributed by atoms with E-state index in [0.29, 0.717) is 0 Å². The molecule has 4 rings (SSSR count). The van der Waals surface area contributed by atoms with Crippen LogP contribution in [0.15, 0.2) is 67.3 Å². The van der Waals surface area contributed by atoms with Crippen LogP contribution in [0.2, 0.25) is 0 Å². The maximum Gasteiger partial charge on any atom is 0.335 e. The molecule has 0 atom stereocenters. The topological polar surface area (TPSA) is 68.0 Å². The molecule has 4 aromatic rings. The lowest BCUT2D eigenvalue weighted by Crippen LogP contribution is -1.96. The Morgan fingerprint density at radius 3 is 2.35 bits per heavy atom. The number of fused-ring (bicyclic) bond motifs is 1. The lowest BCUT2D eigenvalue weighted by atomic mass is 9.97. The van der Waals surface area contributed by atoms with Gasteiger partial charge in [0, 0.05) is 42.2 Å². The van der Waals surface area contributed by atoms with Crippen molar-refractivity contribution in [1.29, 1.82) is 0 Å². The Labute approximate surface area is 156 Å². The highest BCUT2D eigenvalue weighted by Gasteiger charge is 2.09. The summed E-state index contributed by atoms with van der Waals surface area (Å²) in [5.41, 5.74) is 4.31. The second-order valence-corrected chi connectivity index (χ2v) is 5.91. The molecule has 26 heavy (non-hydrogen) atoms. The van der Waals surface area contributed by atoms with Gasteiger partial charge in [0.05, 0.1) is 11.8 Å². The fourth-order valence-corrected chi connectivity index (χ4v) is 2.94. The van der Waals surface area contributed by atoms with Crippen LogP contribution in [0.3, 0.4) is 0 Å². The van der Waals surface area contributed by atoms with E-state index in [9.17, 15) is 9.90 Å². The van der Waals surface area contributed by atoms with Gasteiger partial charge in [-0.25, -0.2) is 4.79 Å². The van der Waals surface area contributed by atoms with Crippen LogP contribution in [0.4, 0.5) is 0 Å². The molecule has 0 unspecified atom stereocenters. The van der Waals surface area contributed by atoms with Gasteiger partial charge in [0.1, 0.15) is 0 Å². The molecular formula is C20H16ClN3O2. The van der Waals surface area contributed by atoms with Crippen molar-refractivity contribution in [2.75, 3.05) is 0 Å². The van der Waals surface area contributed by atoms with Crippen LogP contribution in [0, 0.1) is 0 Å². The van der Waals surface area contributed by atoms with Gasteiger partial charge in [-0.1, -0.05) is 30.3 Å². The predicted molar refractivity (Wildman–Crippen MR) is 104 cm³/mol. The summed E-state index contributed by atoms with van der Waals surface area (Å²) < 4.78 is 1.77. The van der Waals surface area contributed by atoms with Crippen LogP contribution in [0.5, 0.6) is 0 Å². The molecule has 0 aliphatic carbocycles. The minimum absolute atomic E-state index is 0. The summed E-state index contributed by atoms with van der Waals surface area (Å²) in [5.74, 6) is -0.934. The van der Waals surface area contributed by atoms with E-state index in [2.05, 4.69) is 10.1 Å². The quantitative estimate of drug-likeness (QED) is 0.583. The summed E-state index contributed by atoms with van der Waals surface area (Å²) in [6.07, 6.45) is 7.31. The molecule has 2 aromatic heterocycles. The van der Waals surface area contributed by atoms with Gasteiger partial charge >= 0.3 is 5.97 Å². The number of carboxylic acid groups (broad SMARTS) is 1. The first-order chi connectivity index (χ1) is 12.1. The smallest absolute Gasteiger partial charge is 0.335 e. The van der Waals surface area contributed by atoms with Crippen LogP contribution < -0.4 is 0 Å². The van der Waals surface area contributed by atoms with Gasteiger partial charge in [-0.15, -0.1) is 12.4 Å². The highest BCUT2D eigenvalue weighted by atomic mass is 35.5. The van der Waals surface area contributed by atoms with E-state index in [1.54, 1.807) is 35.3 Å². The zero-order valence-corrected chi connectivity index (χ0v) is 14.8. The lowest BCUT2D eigenvalue weighted by molar-refractivity contribution is 0.0697. The standard InChI is InChI=1S/C20H15N3O2.ClH/c1-23-12-17(10-22-23)13-2-4-14(5-3-13)19-11-21-9-16-7-6-15(20(24)25)8-18(16)19;/h2-12H,1H3,(H,24,25);1H. The first-order valence-electron chi connectivity index (χ1n) is 7.82. The van der Waals surface area contributed by atoms with E-state index in [1.165, 1.54) is 0 Å². The van der Waals surface area contributed by atoms with Crippen molar-refractivity contribution in [1.82, 2.24) is 14.8 Å². The number of hydrogen-bond acceptors (Lipinski definition) is 3. The predicted octanol–water partition coefficient (Wildman–Crippen LogP) is 4.42. The van der Waals surface area contributed by atoms with Gasteiger partial charge in [0.2, 0.25) is 0 Å². The zero-order chi connectivity index (χ0) is 17.4. The first kappa shape index (κ1) is 17.6. The van der Waals surface area contributed by atoms with E-state index < -0.39 is 5.97 Å². The summed E-state index contributed by atoms with van der Waals surface area (Å²) in [6.45, 7) is 0. The number of pyridine rings is 1. The molecule has 0 saturated carbocycles. The Balaban J connectivity index is 0.00000196. The SMILES string of the molecule is Cl.Cn1cc(-c2ccc(-c3cncc4ccc(C(=O)O)cc34)cc2)cn1. The normalized spacial score (nSPS) is 10.5. The van der Waals surface area contributed by atoms with E-state index in [0.717, 1.165) is 33.0 Å². The Bertz CT molecular complexity index is 1090. The minimum Gasteiger partial charge on any atom is -0.478 e. The highest BCUT2D eigenvalue weighted by molar-refractivity contribution is 6.00. The molecule has 2 heterocycles. The van der Waals surface area contributed by atoms with E-state index in [1.807, 2.05) is 43.7 Å². The molecule has 5 nitrogen and oxygen atoms in total. The van der Waals surface area contributed by atoms with E-state index >= 15 is 0 Å². The molecule has 0 spiro atoms. The monoisotopic (exact) mass is 365 g/mol. The maximum atomic E-state index is 11.3. The van der Waals surface area contributed by atoms with Crippen molar-refractivity contribution in [2.24, 2.45) is 7.05 Å². The van der Waals surface area contributed by atoms with Gasteiger partial charge in [-0.2, -0.15) is 5.10 Å².